The van der Waals surface area contributed by atoms with E-state index in [1.54, 1.807) is 6.08 Å². The van der Waals surface area contributed by atoms with Crippen LogP contribution in [-0.4, -0.2) is 23.3 Å². The van der Waals surface area contributed by atoms with Crippen molar-refractivity contribution in [2.24, 2.45) is 0 Å². The Labute approximate surface area is 59.4 Å². The molecule has 0 saturated heterocycles. The van der Waals surface area contributed by atoms with Crippen LogP contribution in [0.1, 0.15) is 0 Å². The zero-order valence-electron chi connectivity index (χ0n) is 5.74. The molecule has 0 heterocycles. The zero-order valence-corrected chi connectivity index (χ0v) is 5.74. The lowest BCUT2D eigenvalue weighted by atomic mass is 10.6. The molecule has 56 valence electrons. The summed E-state index contributed by atoms with van der Waals surface area (Å²) in [7, 11) is 1.23. The second-order valence-electron chi connectivity index (χ2n) is 1.57. The van der Waals surface area contributed by atoms with Gasteiger partial charge in [0.2, 0.25) is 0 Å². The molecule has 0 bridgehead atoms. The van der Waals surface area contributed by atoms with E-state index in [1.165, 1.54) is 19.3 Å². The largest absolute Gasteiger partial charge is 0.344 e. The third kappa shape index (κ3) is 3.68. The Morgan fingerprint density at radius 1 is 1.80 bits per heavy atom. The normalized spacial score (nSPS) is 9.40. The van der Waals surface area contributed by atoms with Crippen LogP contribution in [-0.2, 0) is 0 Å². The Bertz CT molecular complexity index is 152. The van der Waals surface area contributed by atoms with Crippen molar-refractivity contribution >= 4 is 6.03 Å². The van der Waals surface area contributed by atoms with Gasteiger partial charge in [-0.3, -0.25) is 5.21 Å². The number of carbonyl (C=O) groups is 1. The molecule has 0 aliphatic carbocycles. The van der Waals surface area contributed by atoms with Gasteiger partial charge in [-0.2, -0.15) is 0 Å². The number of rotatable bonds is 2. The number of hydroxylamine groups is 2. The lowest BCUT2D eigenvalue weighted by molar-refractivity contribution is -0.0168. The molecule has 0 aromatic heterocycles. The van der Waals surface area contributed by atoms with Crippen LogP contribution in [0.15, 0.2) is 24.9 Å². The van der Waals surface area contributed by atoms with Crippen molar-refractivity contribution in [1.82, 2.24) is 10.4 Å². The first kappa shape index (κ1) is 8.71. The molecule has 0 spiro atoms. The van der Waals surface area contributed by atoms with Crippen molar-refractivity contribution in [2.75, 3.05) is 7.05 Å². The number of allylic oxidation sites excluding steroid dienone is 2. The molecule has 0 unspecified atom stereocenters. The van der Waals surface area contributed by atoms with Crippen LogP contribution in [0.25, 0.3) is 0 Å². The number of nitrogens with zero attached hydrogens (tertiary/aromatic N) is 1. The summed E-state index contributed by atoms with van der Waals surface area (Å²) in [5, 5.41) is 11.2. The molecule has 0 radical (unpaired) electrons. The van der Waals surface area contributed by atoms with Crippen LogP contribution in [0.2, 0.25) is 0 Å². The number of nitrogens with one attached hydrogen (secondary N) is 1. The zero-order chi connectivity index (χ0) is 7.98. The molecular formula is C6H10N2O2. The van der Waals surface area contributed by atoms with E-state index in [9.17, 15) is 4.79 Å². The highest BCUT2D eigenvalue weighted by Gasteiger charge is 1.98. The highest BCUT2D eigenvalue weighted by molar-refractivity contribution is 5.73. The Balaban J connectivity index is 3.59. The molecule has 0 aromatic carbocycles. The fourth-order valence-corrected chi connectivity index (χ4v) is 0.281. The number of carbonyl (C=O) groups excluding carboxylic acids is 1. The average Bonchev–Trinajstić information content (AvgIpc) is 1.88. The molecule has 2 amide bonds. The highest BCUT2D eigenvalue weighted by Crippen LogP contribution is 1.76. The van der Waals surface area contributed by atoms with E-state index >= 15 is 0 Å². The topological polar surface area (TPSA) is 52.6 Å². The van der Waals surface area contributed by atoms with Crippen LogP contribution in [0.3, 0.4) is 0 Å². The minimum absolute atomic E-state index is 0.452. The smallest absolute Gasteiger partial charge is 0.313 e. The van der Waals surface area contributed by atoms with Gasteiger partial charge in [-0.15, -0.1) is 0 Å². The standard InChI is InChI=1S/C6H10N2O2/c1-3-4-5-7-6(9)8(2)10/h3-5,10H,1H2,2H3,(H,7,9)/b5-4+. The van der Waals surface area contributed by atoms with Crippen LogP contribution in [0.4, 0.5) is 4.79 Å². The first-order valence-corrected chi connectivity index (χ1v) is 2.69. The molecule has 4 nitrogen and oxygen atoms in total. The van der Waals surface area contributed by atoms with E-state index in [0.29, 0.717) is 5.06 Å². The second-order valence-corrected chi connectivity index (χ2v) is 1.57. The van der Waals surface area contributed by atoms with E-state index in [4.69, 9.17) is 5.21 Å². The summed E-state index contributed by atoms with van der Waals surface area (Å²) in [5.74, 6) is 0. The average molecular weight is 142 g/mol. The van der Waals surface area contributed by atoms with Gasteiger partial charge in [0, 0.05) is 13.2 Å². The summed E-state index contributed by atoms with van der Waals surface area (Å²) >= 11 is 0. The first-order valence-electron chi connectivity index (χ1n) is 2.69. The second kappa shape index (κ2) is 4.58. The van der Waals surface area contributed by atoms with Crippen LogP contribution >= 0.6 is 0 Å². The summed E-state index contributed by atoms with van der Waals surface area (Å²) in [5.41, 5.74) is 0. The van der Waals surface area contributed by atoms with Crippen LogP contribution in [0.5, 0.6) is 0 Å². The predicted molar refractivity (Wildman–Crippen MR) is 37.4 cm³/mol. The quantitative estimate of drug-likeness (QED) is 0.339. The molecule has 0 aliphatic heterocycles. The molecule has 10 heavy (non-hydrogen) atoms. The van der Waals surface area contributed by atoms with Crippen molar-refractivity contribution in [3.8, 4) is 0 Å². The predicted octanol–water partition coefficient (Wildman–Crippen LogP) is 0.717. The van der Waals surface area contributed by atoms with Gasteiger partial charge < -0.3 is 5.32 Å². The van der Waals surface area contributed by atoms with Gasteiger partial charge in [0.25, 0.3) is 0 Å². The molecule has 0 fully saturated rings. The summed E-state index contributed by atoms with van der Waals surface area (Å²) < 4.78 is 0. The number of hydrogen-bond acceptors (Lipinski definition) is 2. The first-order chi connectivity index (χ1) is 4.68. The molecule has 0 saturated carbocycles. The van der Waals surface area contributed by atoms with E-state index in [0.717, 1.165) is 0 Å². The van der Waals surface area contributed by atoms with Gasteiger partial charge in [-0.1, -0.05) is 12.7 Å². The number of hydrogen-bond donors (Lipinski definition) is 2. The summed E-state index contributed by atoms with van der Waals surface area (Å²) in [6.07, 6.45) is 4.43. The molecule has 0 atom stereocenters. The summed E-state index contributed by atoms with van der Waals surface area (Å²) in [4.78, 5) is 10.5. The third-order valence-electron chi connectivity index (χ3n) is 0.733. The minimum atomic E-state index is -0.585. The molecule has 0 rings (SSSR count). The maximum atomic E-state index is 10.5. The van der Waals surface area contributed by atoms with E-state index in [-0.39, 0.29) is 0 Å². The minimum Gasteiger partial charge on any atom is -0.313 e. The van der Waals surface area contributed by atoms with Crippen molar-refractivity contribution in [1.29, 1.82) is 0 Å². The maximum Gasteiger partial charge on any atom is 0.344 e. The Morgan fingerprint density at radius 3 is 2.80 bits per heavy atom. The van der Waals surface area contributed by atoms with E-state index in [2.05, 4.69) is 11.9 Å². The summed E-state index contributed by atoms with van der Waals surface area (Å²) in [6, 6.07) is -0.585. The van der Waals surface area contributed by atoms with Gasteiger partial charge in [-0.25, -0.2) is 9.86 Å². The van der Waals surface area contributed by atoms with Gasteiger partial charge in [0.15, 0.2) is 0 Å². The monoisotopic (exact) mass is 142 g/mol. The molecule has 0 aromatic rings. The van der Waals surface area contributed by atoms with E-state index in [1.807, 2.05) is 0 Å². The van der Waals surface area contributed by atoms with Crippen molar-refractivity contribution < 1.29 is 10.0 Å². The molecule has 2 N–H and O–H groups in total. The van der Waals surface area contributed by atoms with Crippen molar-refractivity contribution in [3.05, 3.63) is 24.9 Å². The Hall–Kier alpha value is -1.29. The number of urea groups is 1. The van der Waals surface area contributed by atoms with Crippen LogP contribution < -0.4 is 5.32 Å². The van der Waals surface area contributed by atoms with E-state index < -0.39 is 6.03 Å². The highest BCUT2D eigenvalue weighted by atomic mass is 16.5. The maximum absolute atomic E-state index is 10.5. The molecule has 4 heteroatoms. The Morgan fingerprint density at radius 2 is 2.40 bits per heavy atom. The molecule has 0 aliphatic rings. The van der Waals surface area contributed by atoms with Crippen LogP contribution in [0, 0.1) is 0 Å². The third-order valence-corrected chi connectivity index (χ3v) is 0.733. The summed E-state index contributed by atoms with van der Waals surface area (Å²) in [6.45, 7) is 3.39. The van der Waals surface area contributed by atoms with Gasteiger partial charge in [-0.05, 0) is 6.08 Å². The lowest BCUT2D eigenvalue weighted by Crippen LogP contribution is -2.31. The van der Waals surface area contributed by atoms with Gasteiger partial charge in [0.1, 0.15) is 0 Å². The number of amides is 2. The molecular weight excluding hydrogens is 132 g/mol. The van der Waals surface area contributed by atoms with Crippen molar-refractivity contribution in [2.45, 2.75) is 0 Å². The fourth-order valence-electron chi connectivity index (χ4n) is 0.281. The lowest BCUT2D eigenvalue weighted by Gasteiger charge is -2.05. The van der Waals surface area contributed by atoms with Crippen molar-refractivity contribution in [3.63, 3.8) is 0 Å². The Kier molecular flexibility index (Phi) is 3.99. The van der Waals surface area contributed by atoms with Gasteiger partial charge >= 0.3 is 6.03 Å². The SMILES string of the molecule is C=C/C=C/NC(=O)N(C)O. The van der Waals surface area contributed by atoms with Gasteiger partial charge in [0.05, 0.1) is 0 Å². The fraction of sp³-hybridized carbons (Fsp3) is 0.167.